The Morgan fingerprint density at radius 1 is 1.08 bits per heavy atom. The predicted octanol–water partition coefficient (Wildman–Crippen LogP) is 3.78. The maximum Gasteiger partial charge on any atom is 0.256 e. The van der Waals surface area contributed by atoms with E-state index in [0.29, 0.717) is 5.69 Å². The number of hydrogen-bond acceptors (Lipinski definition) is 4. The lowest BCUT2D eigenvalue weighted by molar-refractivity contribution is -0.121. The first kappa shape index (κ1) is 18.0. The first-order valence-corrected chi connectivity index (χ1v) is 8.98. The smallest absolute Gasteiger partial charge is 0.256 e. The molecule has 5 nitrogen and oxygen atoms in total. The Labute approximate surface area is 154 Å². The third kappa shape index (κ3) is 3.87. The second-order valence-corrected chi connectivity index (χ2v) is 6.47. The van der Waals surface area contributed by atoms with E-state index in [-0.39, 0.29) is 18.2 Å². The first-order valence-electron chi connectivity index (χ1n) is 8.98. The van der Waals surface area contributed by atoms with Crippen LogP contribution >= 0.6 is 0 Å². The van der Waals surface area contributed by atoms with Gasteiger partial charge in [0.1, 0.15) is 11.8 Å². The van der Waals surface area contributed by atoms with E-state index in [4.69, 9.17) is 4.74 Å². The Kier molecular flexibility index (Phi) is 5.56. The van der Waals surface area contributed by atoms with Gasteiger partial charge in [0.05, 0.1) is 19.2 Å². The Bertz CT molecular complexity index is 769. The Balaban J connectivity index is 1.69. The maximum atomic E-state index is 12.7. The summed E-state index contributed by atoms with van der Waals surface area (Å²) in [6, 6.07) is 14.5. The van der Waals surface area contributed by atoms with Crippen molar-refractivity contribution in [1.82, 2.24) is 0 Å². The fraction of sp³-hybridized carbons (Fsp3) is 0.333. The fourth-order valence-corrected chi connectivity index (χ4v) is 3.10. The molecule has 0 aromatic heterocycles. The lowest BCUT2D eigenvalue weighted by Gasteiger charge is -2.16. The van der Waals surface area contributed by atoms with Crippen molar-refractivity contribution in [2.24, 2.45) is 0 Å². The average molecular weight is 352 g/mol. The number of ether oxygens (including phenoxy) is 1. The third-order valence-corrected chi connectivity index (χ3v) is 4.59. The number of benzene rings is 2. The van der Waals surface area contributed by atoms with Crippen molar-refractivity contribution in [2.45, 2.75) is 38.6 Å². The van der Waals surface area contributed by atoms with Crippen LogP contribution in [-0.2, 0) is 16.0 Å². The number of nitrogens with zero attached hydrogens (tertiary/aromatic N) is 1. The van der Waals surface area contributed by atoms with Gasteiger partial charge in [-0.2, -0.15) is 0 Å². The summed E-state index contributed by atoms with van der Waals surface area (Å²) >= 11 is 0. The van der Waals surface area contributed by atoms with Crippen molar-refractivity contribution >= 4 is 23.2 Å². The molecule has 1 N–H and O–H groups in total. The summed E-state index contributed by atoms with van der Waals surface area (Å²) in [5.41, 5.74) is 2.65. The number of anilines is 2. The van der Waals surface area contributed by atoms with E-state index in [0.717, 1.165) is 30.7 Å². The molecule has 26 heavy (non-hydrogen) atoms. The lowest BCUT2D eigenvalue weighted by Crippen LogP contribution is -2.34. The van der Waals surface area contributed by atoms with Gasteiger partial charge < -0.3 is 10.1 Å². The van der Waals surface area contributed by atoms with Crippen LogP contribution in [0.3, 0.4) is 0 Å². The number of aryl methyl sites for hydroxylation is 1. The van der Waals surface area contributed by atoms with E-state index in [1.54, 1.807) is 7.11 Å². The number of nitrogens with one attached hydrogen (secondary N) is 1. The van der Waals surface area contributed by atoms with Crippen LogP contribution in [-0.4, -0.2) is 25.0 Å². The van der Waals surface area contributed by atoms with Gasteiger partial charge in [0.2, 0.25) is 5.91 Å². The van der Waals surface area contributed by atoms with Gasteiger partial charge in [-0.25, -0.2) is 4.90 Å². The maximum absolute atomic E-state index is 12.7. The van der Waals surface area contributed by atoms with Crippen LogP contribution < -0.4 is 15.0 Å². The third-order valence-electron chi connectivity index (χ3n) is 4.59. The molecule has 2 aromatic carbocycles. The van der Waals surface area contributed by atoms with Gasteiger partial charge in [0.15, 0.2) is 0 Å². The van der Waals surface area contributed by atoms with Crippen LogP contribution in [0.4, 0.5) is 11.4 Å². The number of hydrogen-bond donors (Lipinski definition) is 1. The molecule has 136 valence electrons. The zero-order valence-electron chi connectivity index (χ0n) is 15.2. The van der Waals surface area contributed by atoms with Gasteiger partial charge in [-0.1, -0.05) is 25.5 Å². The topological polar surface area (TPSA) is 58.6 Å². The molecule has 3 rings (SSSR count). The molecule has 5 heteroatoms. The van der Waals surface area contributed by atoms with E-state index in [1.807, 2.05) is 48.5 Å². The Morgan fingerprint density at radius 3 is 2.38 bits per heavy atom. The van der Waals surface area contributed by atoms with Crippen molar-refractivity contribution in [3.8, 4) is 5.75 Å². The minimum atomic E-state index is -0.546. The number of unbranched alkanes of at least 4 members (excludes halogenated alkanes) is 1. The van der Waals surface area contributed by atoms with Crippen molar-refractivity contribution in [1.29, 1.82) is 0 Å². The molecule has 1 heterocycles. The Morgan fingerprint density at radius 2 is 1.77 bits per heavy atom. The van der Waals surface area contributed by atoms with Crippen LogP contribution in [0.5, 0.6) is 5.75 Å². The minimum Gasteiger partial charge on any atom is -0.497 e. The molecule has 1 saturated heterocycles. The van der Waals surface area contributed by atoms with Crippen LogP contribution in [0.1, 0.15) is 31.7 Å². The second-order valence-electron chi connectivity index (χ2n) is 6.47. The Hall–Kier alpha value is -2.82. The van der Waals surface area contributed by atoms with Crippen molar-refractivity contribution in [2.75, 3.05) is 17.3 Å². The normalized spacial score (nSPS) is 16.8. The number of rotatable bonds is 7. The number of methoxy groups -OCH3 is 1. The van der Waals surface area contributed by atoms with Crippen LogP contribution in [0.25, 0.3) is 0 Å². The molecule has 2 aromatic rings. The fourth-order valence-electron chi connectivity index (χ4n) is 3.10. The number of amides is 2. The van der Waals surface area contributed by atoms with Crippen LogP contribution in [0.2, 0.25) is 0 Å². The quantitative estimate of drug-likeness (QED) is 0.771. The first-order chi connectivity index (χ1) is 12.6. The highest BCUT2D eigenvalue weighted by Crippen LogP contribution is 2.26. The zero-order valence-corrected chi connectivity index (χ0v) is 15.2. The highest BCUT2D eigenvalue weighted by atomic mass is 16.5. The van der Waals surface area contributed by atoms with E-state index in [1.165, 1.54) is 10.5 Å². The second kappa shape index (κ2) is 8.04. The molecule has 0 radical (unpaired) electrons. The summed E-state index contributed by atoms with van der Waals surface area (Å²) in [4.78, 5) is 26.4. The number of imide groups is 1. The molecule has 1 aliphatic heterocycles. The van der Waals surface area contributed by atoms with Crippen LogP contribution in [0.15, 0.2) is 48.5 Å². The van der Waals surface area contributed by atoms with Crippen molar-refractivity contribution in [3.05, 3.63) is 54.1 Å². The summed E-state index contributed by atoms with van der Waals surface area (Å²) < 4.78 is 5.13. The van der Waals surface area contributed by atoms with E-state index >= 15 is 0 Å². The van der Waals surface area contributed by atoms with E-state index < -0.39 is 6.04 Å². The van der Waals surface area contributed by atoms with E-state index in [2.05, 4.69) is 12.2 Å². The highest BCUT2D eigenvalue weighted by Gasteiger charge is 2.39. The van der Waals surface area contributed by atoms with Gasteiger partial charge in [-0.15, -0.1) is 0 Å². The summed E-state index contributed by atoms with van der Waals surface area (Å²) in [5, 5.41) is 3.14. The highest BCUT2D eigenvalue weighted by molar-refractivity contribution is 6.23. The molecule has 0 unspecified atom stereocenters. The largest absolute Gasteiger partial charge is 0.497 e. The summed E-state index contributed by atoms with van der Waals surface area (Å²) in [6.45, 7) is 2.16. The molecular weight excluding hydrogens is 328 g/mol. The zero-order chi connectivity index (χ0) is 18.5. The molecule has 0 saturated carbocycles. The molecule has 1 aliphatic rings. The van der Waals surface area contributed by atoms with Gasteiger partial charge in [0, 0.05) is 5.69 Å². The standard InChI is InChI=1S/C21H24N2O3/c1-3-4-5-15-6-10-17(11-7-15)23-20(24)14-19(21(23)25)22-16-8-12-18(26-2)13-9-16/h6-13,19,22H,3-5,14H2,1-2H3/t19-/m1/s1. The molecular formula is C21H24N2O3. The monoisotopic (exact) mass is 352 g/mol. The molecule has 0 aliphatic carbocycles. The minimum absolute atomic E-state index is 0.155. The number of carbonyl (C=O) groups excluding carboxylic acids is 2. The van der Waals surface area contributed by atoms with E-state index in [9.17, 15) is 9.59 Å². The summed E-state index contributed by atoms with van der Waals surface area (Å²) in [6.07, 6.45) is 3.45. The van der Waals surface area contributed by atoms with Gasteiger partial charge >= 0.3 is 0 Å². The molecule has 0 spiro atoms. The lowest BCUT2D eigenvalue weighted by atomic mass is 10.1. The van der Waals surface area contributed by atoms with Crippen molar-refractivity contribution in [3.63, 3.8) is 0 Å². The molecule has 1 atom stereocenters. The summed E-state index contributed by atoms with van der Waals surface area (Å²) in [7, 11) is 1.60. The number of carbonyl (C=O) groups is 2. The SMILES string of the molecule is CCCCc1ccc(N2C(=O)C[C@@H](Nc3ccc(OC)cc3)C2=O)cc1. The van der Waals surface area contributed by atoms with Crippen LogP contribution in [0, 0.1) is 0 Å². The summed E-state index contributed by atoms with van der Waals surface area (Å²) in [5.74, 6) is 0.351. The van der Waals surface area contributed by atoms with Gasteiger partial charge in [-0.3, -0.25) is 9.59 Å². The average Bonchev–Trinajstić information content (AvgIpc) is 2.94. The molecule has 2 amide bonds. The predicted molar refractivity (Wildman–Crippen MR) is 103 cm³/mol. The van der Waals surface area contributed by atoms with Crippen molar-refractivity contribution < 1.29 is 14.3 Å². The molecule has 1 fully saturated rings. The van der Waals surface area contributed by atoms with Gasteiger partial charge in [-0.05, 0) is 54.8 Å². The molecule has 0 bridgehead atoms. The van der Waals surface area contributed by atoms with Gasteiger partial charge in [0.25, 0.3) is 5.91 Å².